The summed E-state index contributed by atoms with van der Waals surface area (Å²) in [6.07, 6.45) is 1.40. The number of nitrogens with zero attached hydrogens (tertiary/aromatic N) is 1. The Hall–Kier alpha value is -1.79. The smallest absolute Gasteiger partial charge is 0.226 e. The zero-order valence-corrected chi connectivity index (χ0v) is 13.2. The molecule has 22 heavy (non-hydrogen) atoms. The maximum absolute atomic E-state index is 12.9. The molecule has 0 saturated heterocycles. The van der Waals surface area contributed by atoms with Crippen LogP contribution in [0, 0.1) is 5.82 Å². The van der Waals surface area contributed by atoms with E-state index in [2.05, 4.69) is 10.3 Å². The van der Waals surface area contributed by atoms with Crippen LogP contribution in [-0.4, -0.2) is 28.6 Å². The number of aliphatic hydroxyl groups is 1. The number of halogens is 1. The molecular formula is C16H19FN2O2S. The fourth-order valence-corrected chi connectivity index (χ4v) is 2.87. The summed E-state index contributed by atoms with van der Waals surface area (Å²) >= 11 is 1.49. The van der Waals surface area contributed by atoms with Gasteiger partial charge in [0.2, 0.25) is 5.91 Å². The molecule has 0 aliphatic carbocycles. The van der Waals surface area contributed by atoms with Gasteiger partial charge >= 0.3 is 0 Å². The molecule has 2 N–H and O–H groups in total. The van der Waals surface area contributed by atoms with Crippen molar-refractivity contribution in [2.24, 2.45) is 0 Å². The number of carbonyl (C=O) groups is 1. The number of amides is 1. The van der Waals surface area contributed by atoms with E-state index in [0.29, 0.717) is 12.8 Å². The number of aliphatic hydroxyl groups excluding tert-OH is 1. The van der Waals surface area contributed by atoms with Crippen molar-refractivity contribution in [1.82, 2.24) is 10.3 Å². The van der Waals surface area contributed by atoms with Gasteiger partial charge in [0, 0.05) is 24.4 Å². The SMILES string of the molecule is CC(CCO)NC(=O)Cc1csc(Cc2ccc(F)cc2)n1. The Labute approximate surface area is 133 Å². The van der Waals surface area contributed by atoms with Gasteiger partial charge in [-0.15, -0.1) is 11.3 Å². The normalized spacial score (nSPS) is 12.1. The third-order valence-electron chi connectivity index (χ3n) is 3.18. The zero-order chi connectivity index (χ0) is 15.9. The Bertz CT molecular complexity index is 613. The third kappa shape index (κ3) is 5.20. The topological polar surface area (TPSA) is 62.2 Å². The number of benzene rings is 1. The predicted octanol–water partition coefficient (Wildman–Crippen LogP) is 2.30. The van der Waals surface area contributed by atoms with Crippen molar-refractivity contribution in [3.63, 3.8) is 0 Å². The Morgan fingerprint density at radius 1 is 1.41 bits per heavy atom. The number of aromatic nitrogens is 1. The van der Waals surface area contributed by atoms with Gasteiger partial charge in [0.05, 0.1) is 17.1 Å². The number of carbonyl (C=O) groups excluding carboxylic acids is 1. The number of hydrogen-bond donors (Lipinski definition) is 2. The first kappa shape index (κ1) is 16.6. The lowest BCUT2D eigenvalue weighted by Crippen LogP contribution is -2.34. The number of rotatable bonds is 7. The van der Waals surface area contributed by atoms with Crippen LogP contribution in [0.15, 0.2) is 29.6 Å². The molecule has 1 heterocycles. The summed E-state index contributed by atoms with van der Waals surface area (Å²) in [5.74, 6) is -0.350. The van der Waals surface area contributed by atoms with Crippen LogP contribution in [-0.2, 0) is 17.6 Å². The van der Waals surface area contributed by atoms with Gasteiger partial charge in [-0.05, 0) is 31.0 Å². The van der Waals surface area contributed by atoms with E-state index in [9.17, 15) is 9.18 Å². The van der Waals surface area contributed by atoms with Gasteiger partial charge in [-0.25, -0.2) is 9.37 Å². The van der Waals surface area contributed by atoms with E-state index in [1.807, 2.05) is 12.3 Å². The lowest BCUT2D eigenvalue weighted by atomic mass is 10.1. The molecule has 1 aromatic carbocycles. The van der Waals surface area contributed by atoms with Gasteiger partial charge in [-0.3, -0.25) is 4.79 Å². The first-order valence-electron chi connectivity index (χ1n) is 7.14. The maximum atomic E-state index is 12.9. The molecule has 2 aromatic rings. The molecule has 0 aliphatic heterocycles. The quantitative estimate of drug-likeness (QED) is 0.822. The molecule has 0 saturated carbocycles. The summed E-state index contributed by atoms with van der Waals surface area (Å²) in [6.45, 7) is 1.91. The molecule has 0 aliphatic rings. The van der Waals surface area contributed by atoms with Gasteiger partial charge in [0.25, 0.3) is 0 Å². The van der Waals surface area contributed by atoms with E-state index < -0.39 is 0 Å². The van der Waals surface area contributed by atoms with Crippen molar-refractivity contribution in [2.75, 3.05) is 6.61 Å². The van der Waals surface area contributed by atoms with Gasteiger partial charge in [-0.2, -0.15) is 0 Å². The lowest BCUT2D eigenvalue weighted by molar-refractivity contribution is -0.121. The maximum Gasteiger partial charge on any atom is 0.226 e. The first-order valence-corrected chi connectivity index (χ1v) is 8.02. The molecule has 1 atom stereocenters. The van der Waals surface area contributed by atoms with Crippen LogP contribution in [0.5, 0.6) is 0 Å². The molecule has 0 radical (unpaired) electrons. The van der Waals surface area contributed by atoms with Gasteiger partial charge < -0.3 is 10.4 Å². The minimum atomic E-state index is -0.253. The van der Waals surface area contributed by atoms with Gasteiger partial charge in [0.15, 0.2) is 0 Å². The van der Waals surface area contributed by atoms with E-state index in [0.717, 1.165) is 16.3 Å². The van der Waals surface area contributed by atoms with Crippen molar-refractivity contribution in [1.29, 1.82) is 0 Å². The van der Waals surface area contributed by atoms with E-state index in [-0.39, 0.29) is 30.8 Å². The zero-order valence-electron chi connectivity index (χ0n) is 12.4. The van der Waals surface area contributed by atoms with Crippen LogP contribution in [0.3, 0.4) is 0 Å². The van der Waals surface area contributed by atoms with Crippen molar-refractivity contribution >= 4 is 17.2 Å². The predicted molar refractivity (Wildman–Crippen MR) is 84.3 cm³/mol. The summed E-state index contributed by atoms with van der Waals surface area (Å²) in [5.41, 5.74) is 1.72. The molecule has 118 valence electrons. The molecule has 0 fully saturated rings. The number of hydrogen-bond acceptors (Lipinski definition) is 4. The van der Waals surface area contributed by atoms with E-state index in [1.54, 1.807) is 12.1 Å². The summed E-state index contributed by atoms with van der Waals surface area (Å²) < 4.78 is 12.9. The van der Waals surface area contributed by atoms with Crippen molar-refractivity contribution < 1.29 is 14.3 Å². The highest BCUT2D eigenvalue weighted by Gasteiger charge is 2.10. The summed E-state index contributed by atoms with van der Waals surface area (Å²) in [6, 6.07) is 6.29. The second-order valence-corrected chi connectivity index (χ2v) is 6.14. The molecule has 1 aromatic heterocycles. The Kier molecular flexibility index (Phi) is 6.03. The Morgan fingerprint density at radius 2 is 2.14 bits per heavy atom. The van der Waals surface area contributed by atoms with Crippen LogP contribution in [0.4, 0.5) is 4.39 Å². The van der Waals surface area contributed by atoms with Gasteiger partial charge in [-0.1, -0.05) is 12.1 Å². The molecular weight excluding hydrogens is 303 g/mol. The minimum Gasteiger partial charge on any atom is -0.396 e. The Morgan fingerprint density at radius 3 is 2.82 bits per heavy atom. The largest absolute Gasteiger partial charge is 0.396 e. The summed E-state index contributed by atoms with van der Waals surface area (Å²) in [7, 11) is 0. The Balaban J connectivity index is 1.88. The first-order chi connectivity index (χ1) is 10.6. The van der Waals surface area contributed by atoms with E-state index in [4.69, 9.17) is 5.11 Å². The molecule has 2 rings (SSSR count). The standard InChI is InChI=1S/C16H19FN2O2S/c1-11(6-7-20)18-15(21)9-14-10-22-16(19-14)8-12-2-4-13(17)5-3-12/h2-5,10-11,20H,6-9H2,1H3,(H,18,21). The lowest BCUT2D eigenvalue weighted by Gasteiger charge is -2.11. The molecule has 0 bridgehead atoms. The van der Waals surface area contributed by atoms with E-state index >= 15 is 0 Å². The number of thiazole rings is 1. The molecule has 4 nitrogen and oxygen atoms in total. The van der Waals surface area contributed by atoms with Crippen molar-refractivity contribution in [3.05, 3.63) is 51.7 Å². The highest BCUT2D eigenvalue weighted by atomic mass is 32.1. The minimum absolute atomic E-state index is 0.0465. The third-order valence-corrected chi connectivity index (χ3v) is 4.08. The number of nitrogens with one attached hydrogen (secondary N) is 1. The van der Waals surface area contributed by atoms with Crippen molar-refractivity contribution in [3.8, 4) is 0 Å². The monoisotopic (exact) mass is 322 g/mol. The fourth-order valence-electron chi connectivity index (χ4n) is 2.04. The van der Waals surface area contributed by atoms with Crippen LogP contribution in [0.25, 0.3) is 0 Å². The van der Waals surface area contributed by atoms with Crippen molar-refractivity contribution in [2.45, 2.75) is 32.2 Å². The molecule has 1 unspecified atom stereocenters. The molecule has 6 heteroatoms. The van der Waals surface area contributed by atoms with E-state index in [1.165, 1.54) is 23.5 Å². The highest BCUT2D eigenvalue weighted by molar-refractivity contribution is 7.09. The molecule has 1 amide bonds. The summed E-state index contributed by atoms with van der Waals surface area (Å²) in [4.78, 5) is 16.3. The second kappa shape index (κ2) is 8.00. The van der Waals surface area contributed by atoms with Crippen LogP contribution in [0.2, 0.25) is 0 Å². The highest BCUT2D eigenvalue weighted by Crippen LogP contribution is 2.15. The van der Waals surface area contributed by atoms with Crippen LogP contribution < -0.4 is 5.32 Å². The second-order valence-electron chi connectivity index (χ2n) is 5.19. The fraction of sp³-hybridized carbons (Fsp3) is 0.375. The molecule has 0 spiro atoms. The average Bonchev–Trinajstić information content (AvgIpc) is 2.88. The van der Waals surface area contributed by atoms with Crippen LogP contribution in [0.1, 0.15) is 29.6 Å². The van der Waals surface area contributed by atoms with Crippen LogP contribution >= 0.6 is 11.3 Å². The summed E-state index contributed by atoms with van der Waals surface area (Å²) in [5, 5.41) is 14.4. The average molecular weight is 322 g/mol. The van der Waals surface area contributed by atoms with Gasteiger partial charge in [0.1, 0.15) is 5.82 Å².